The second-order valence-electron chi connectivity index (χ2n) is 6.96. The minimum absolute atomic E-state index is 0.263. The molecule has 2 amide bonds. The average Bonchev–Trinajstić information content (AvgIpc) is 2.54. The number of benzene rings is 1. The van der Waals surface area contributed by atoms with Crippen LogP contribution in [-0.2, 0) is 9.47 Å². The minimum atomic E-state index is -0.568. The van der Waals surface area contributed by atoms with Gasteiger partial charge in [-0.15, -0.1) is 0 Å². The van der Waals surface area contributed by atoms with Crippen LogP contribution in [0.4, 0.5) is 9.59 Å². The Hall–Kier alpha value is -2.02. The van der Waals surface area contributed by atoms with Crippen LogP contribution >= 0.6 is 15.9 Å². The third-order valence-corrected chi connectivity index (χ3v) is 4.25. The summed E-state index contributed by atoms with van der Waals surface area (Å²) in [6.45, 7) is 8.30. The van der Waals surface area contributed by atoms with Crippen molar-refractivity contribution < 1.29 is 19.1 Å². The number of nitrogens with one attached hydrogen (secondary N) is 1. The van der Waals surface area contributed by atoms with E-state index < -0.39 is 17.8 Å². The fraction of sp³-hybridized carbons (Fsp3) is 0.474. The Morgan fingerprint density at radius 3 is 2.46 bits per heavy atom. The van der Waals surface area contributed by atoms with Crippen LogP contribution in [0.1, 0.15) is 39.7 Å². The zero-order chi connectivity index (χ0) is 19.3. The fourth-order valence-electron chi connectivity index (χ4n) is 2.62. The molecule has 0 fully saturated rings. The summed E-state index contributed by atoms with van der Waals surface area (Å²) >= 11 is 3.43. The highest BCUT2D eigenvalue weighted by Crippen LogP contribution is 2.28. The summed E-state index contributed by atoms with van der Waals surface area (Å²) in [6.07, 6.45) is -0.304. The number of alkyl carbamates (subject to hydrolysis) is 1. The molecule has 1 N–H and O–H groups in total. The van der Waals surface area contributed by atoms with Crippen LogP contribution < -0.4 is 5.32 Å². The van der Waals surface area contributed by atoms with Gasteiger partial charge in [0.15, 0.2) is 0 Å². The van der Waals surface area contributed by atoms with Gasteiger partial charge in [-0.3, -0.25) is 5.32 Å². The minimum Gasteiger partial charge on any atom is -0.450 e. The Labute approximate surface area is 162 Å². The van der Waals surface area contributed by atoms with Gasteiger partial charge in [0.05, 0.1) is 13.2 Å². The Morgan fingerprint density at radius 1 is 1.23 bits per heavy atom. The highest BCUT2D eigenvalue weighted by atomic mass is 79.9. The molecule has 0 spiro atoms. The van der Waals surface area contributed by atoms with Gasteiger partial charge in [-0.25, -0.2) is 9.59 Å². The van der Waals surface area contributed by atoms with E-state index in [0.29, 0.717) is 18.7 Å². The van der Waals surface area contributed by atoms with Gasteiger partial charge in [0.2, 0.25) is 0 Å². The van der Waals surface area contributed by atoms with Gasteiger partial charge in [-0.05, 0) is 57.4 Å². The molecule has 1 aliphatic rings. The van der Waals surface area contributed by atoms with Gasteiger partial charge in [-0.2, -0.15) is 0 Å². The van der Waals surface area contributed by atoms with Crippen LogP contribution in [-0.4, -0.2) is 42.4 Å². The molecular formula is C19H25BrN2O4. The number of halogens is 1. The monoisotopic (exact) mass is 424 g/mol. The molecule has 0 aliphatic carbocycles. The number of carbonyl (C=O) groups is 2. The number of nitrogens with zero attached hydrogens (tertiary/aromatic N) is 1. The number of ether oxygens (including phenoxy) is 2. The van der Waals surface area contributed by atoms with Crippen LogP contribution in [0.15, 0.2) is 34.4 Å². The third kappa shape index (κ3) is 5.76. The SMILES string of the molecule is CCOC(=O)NC1=C(c2ccc(Br)cc2)CCN(C(=O)OC(C)(C)C)C1. The summed E-state index contributed by atoms with van der Waals surface area (Å²) in [4.78, 5) is 25.9. The van der Waals surface area contributed by atoms with Gasteiger partial charge in [0.25, 0.3) is 0 Å². The van der Waals surface area contributed by atoms with Crippen molar-refractivity contribution in [3.05, 3.63) is 40.0 Å². The Kier molecular flexibility index (Phi) is 6.69. The molecular weight excluding hydrogens is 400 g/mol. The molecule has 0 aromatic heterocycles. The fourth-order valence-corrected chi connectivity index (χ4v) is 2.88. The maximum atomic E-state index is 12.4. The lowest BCUT2D eigenvalue weighted by Gasteiger charge is -2.32. The zero-order valence-electron chi connectivity index (χ0n) is 15.6. The second kappa shape index (κ2) is 8.58. The van der Waals surface area contributed by atoms with Crippen molar-refractivity contribution in [2.24, 2.45) is 0 Å². The predicted molar refractivity (Wildman–Crippen MR) is 104 cm³/mol. The summed E-state index contributed by atoms with van der Waals surface area (Å²) in [5, 5.41) is 2.79. The van der Waals surface area contributed by atoms with Crippen LogP contribution in [0.3, 0.4) is 0 Å². The van der Waals surface area contributed by atoms with E-state index in [0.717, 1.165) is 15.6 Å². The summed E-state index contributed by atoms with van der Waals surface area (Å²) in [7, 11) is 0. The molecule has 6 nitrogen and oxygen atoms in total. The molecule has 1 heterocycles. The van der Waals surface area contributed by atoms with Crippen molar-refractivity contribution in [1.29, 1.82) is 0 Å². The van der Waals surface area contributed by atoms with E-state index in [1.165, 1.54) is 0 Å². The highest BCUT2D eigenvalue weighted by Gasteiger charge is 2.28. The Balaban J connectivity index is 2.26. The molecule has 0 radical (unpaired) electrons. The lowest BCUT2D eigenvalue weighted by Crippen LogP contribution is -2.43. The predicted octanol–water partition coefficient (Wildman–Crippen LogP) is 4.55. The number of hydrogen-bond donors (Lipinski definition) is 1. The van der Waals surface area contributed by atoms with Gasteiger partial charge in [0, 0.05) is 16.7 Å². The molecule has 0 atom stereocenters. The largest absolute Gasteiger partial charge is 0.450 e. The third-order valence-electron chi connectivity index (χ3n) is 3.72. The van der Waals surface area contributed by atoms with Crippen molar-refractivity contribution in [3.8, 4) is 0 Å². The van der Waals surface area contributed by atoms with Gasteiger partial charge >= 0.3 is 12.2 Å². The average molecular weight is 425 g/mol. The molecule has 1 aromatic rings. The summed E-state index contributed by atoms with van der Waals surface area (Å²) in [5.74, 6) is 0. The molecule has 142 valence electrons. The molecule has 0 saturated heterocycles. The standard InChI is InChI=1S/C19H25BrN2O4/c1-5-25-17(23)21-16-12-22(18(24)26-19(2,3)4)11-10-15(16)13-6-8-14(20)9-7-13/h6-9H,5,10-12H2,1-4H3,(H,21,23). The van der Waals surface area contributed by atoms with E-state index >= 15 is 0 Å². The molecule has 26 heavy (non-hydrogen) atoms. The van der Waals surface area contributed by atoms with E-state index in [-0.39, 0.29) is 13.2 Å². The van der Waals surface area contributed by atoms with Crippen molar-refractivity contribution in [1.82, 2.24) is 10.2 Å². The number of amides is 2. The Bertz CT molecular complexity index is 692. The van der Waals surface area contributed by atoms with Crippen molar-refractivity contribution in [2.45, 2.75) is 39.7 Å². The smallest absolute Gasteiger partial charge is 0.411 e. The molecule has 0 bridgehead atoms. The van der Waals surface area contributed by atoms with Gasteiger partial charge < -0.3 is 14.4 Å². The molecule has 0 unspecified atom stereocenters. The first-order valence-electron chi connectivity index (χ1n) is 8.59. The van der Waals surface area contributed by atoms with Crippen molar-refractivity contribution in [2.75, 3.05) is 19.7 Å². The van der Waals surface area contributed by atoms with Crippen LogP contribution in [0.5, 0.6) is 0 Å². The second-order valence-corrected chi connectivity index (χ2v) is 7.88. The maximum absolute atomic E-state index is 12.4. The van der Waals surface area contributed by atoms with Crippen molar-refractivity contribution >= 4 is 33.7 Å². The van der Waals surface area contributed by atoms with Crippen molar-refractivity contribution in [3.63, 3.8) is 0 Å². The lowest BCUT2D eigenvalue weighted by atomic mass is 9.97. The first-order valence-corrected chi connectivity index (χ1v) is 9.38. The molecule has 0 saturated carbocycles. The molecule has 1 aromatic carbocycles. The normalized spacial score (nSPS) is 14.9. The van der Waals surface area contributed by atoms with Crippen LogP contribution in [0, 0.1) is 0 Å². The van der Waals surface area contributed by atoms with Crippen LogP contribution in [0.25, 0.3) is 5.57 Å². The van der Waals surface area contributed by atoms with Crippen LogP contribution in [0.2, 0.25) is 0 Å². The zero-order valence-corrected chi connectivity index (χ0v) is 17.2. The summed E-state index contributed by atoms with van der Waals surface area (Å²) < 4.78 is 11.4. The first kappa shape index (κ1) is 20.3. The quantitative estimate of drug-likeness (QED) is 0.772. The van der Waals surface area contributed by atoms with Gasteiger partial charge in [-0.1, -0.05) is 28.1 Å². The topological polar surface area (TPSA) is 67.9 Å². The summed E-state index contributed by atoms with van der Waals surface area (Å²) in [5.41, 5.74) is 2.08. The van der Waals surface area contributed by atoms with E-state index in [1.54, 1.807) is 11.8 Å². The van der Waals surface area contributed by atoms with E-state index in [1.807, 2.05) is 45.0 Å². The number of carbonyl (C=O) groups excluding carboxylic acids is 2. The molecule has 7 heteroatoms. The number of rotatable bonds is 3. The van der Waals surface area contributed by atoms with E-state index in [4.69, 9.17) is 9.47 Å². The van der Waals surface area contributed by atoms with E-state index in [2.05, 4.69) is 21.2 Å². The van der Waals surface area contributed by atoms with E-state index in [9.17, 15) is 9.59 Å². The summed E-state index contributed by atoms with van der Waals surface area (Å²) in [6, 6.07) is 7.86. The molecule has 2 rings (SSSR count). The first-order chi connectivity index (χ1) is 12.2. The molecule has 1 aliphatic heterocycles. The lowest BCUT2D eigenvalue weighted by molar-refractivity contribution is 0.0260. The maximum Gasteiger partial charge on any atom is 0.411 e. The highest BCUT2D eigenvalue weighted by molar-refractivity contribution is 9.10. The number of hydrogen-bond acceptors (Lipinski definition) is 4. The van der Waals surface area contributed by atoms with Gasteiger partial charge in [0.1, 0.15) is 5.60 Å². The Morgan fingerprint density at radius 2 is 1.88 bits per heavy atom.